The zero-order chi connectivity index (χ0) is 34.3. The van der Waals surface area contributed by atoms with Gasteiger partial charge in [0.15, 0.2) is 0 Å². The van der Waals surface area contributed by atoms with Crippen LogP contribution in [0.4, 0.5) is 11.4 Å². The van der Waals surface area contributed by atoms with E-state index in [0.29, 0.717) is 11.1 Å². The molecule has 0 aliphatic carbocycles. The van der Waals surface area contributed by atoms with Gasteiger partial charge in [0.2, 0.25) is 0 Å². The Hall–Kier alpha value is -6.94. The Balaban J connectivity index is 1.17. The third-order valence-corrected chi connectivity index (χ3v) is 9.60. The molecule has 0 aliphatic heterocycles. The van der Waals surface area contributed by atoms with E-state index in [1.165, 1.54) is 70.1 Å². The molecule has 0 heterocycles. The van der Waals surface area contributed by atoms with E-state index in [1.807, 2.05) is 24.3 Å². The predicted octanol–water partition coefficient (Wildman–Crippen LogP) is 9.45. The van der Waals surface area contributed by atoms with Gasteiger partial charge in [-0.25, -0.2) is 9.59 Å². The van der Waals surface area contributed by atoms with Crippen molar-refractivity contribution in [1.82, 2.24) is 0 Å². The summed E-state index contributed by atoms with van der Waals surface area (Å²) in [7, 11) is 0. The van der Waals surface area contributed by atoms with Crippen LogP contribution in [-0.2, 0) is 22.7 Å². The Morgan fingerprint density at radius 2 is 0.760 bits per heavy atom. The van der Waals surface area contributed by atoms with Gasteiger partial charge in [-0.05, 0) is 112 Å². The Morgan fingerprint density at radius 3 is 1.06 bits per heavy atom. The fourth-order valence-corrected chi connectivity index (χ4v) is 7.25. The van der Waals surface area contributed by atoms with Crippen molar-refractivity contribution < 1.29 is 28.9 Å². The molecule has 0 radical (unpaired) electrons. The molecule has 240 valence electrons. The van der Waals surface area contributed by atoms with Crippen molar-refractivity contribution in [3.05, 3.63) is 152 Å². The number of non-ortho nitro benzene ring substituents is 2. The smallest absolute Gasteiger partial charge is 0.339 e. The summed E-state index contributed by atoms with van der Waals surface area (Å²) in [6.45, 7) is -0.344. The lowest BCUT2D eigenvalue weighted by Crippen LogP contribution is -2.15. The van der Waals surface area contributed by atoms with Crippen LogP contribution in [-0.4, -0.2) is 21.8 Å². The molecule has 0 aromatic heterocycles. The highest BCUT2D eigenvalue weighted by Gasteiger charge is 2.30. The largest absolute Gasteiger partial charge is 0.457 e. The second-order valence-electron chi connectivity index (χ2n) is 12.3. The van der Waals surface area contributed by atoms with Gasteiger partial charge in [-0.2, -0.15) is 0 Å². The highest BCUT2D eigenvalue weighted by atomic mass is 16.6. The second kappa shape index (κ2) is 10.8. The molecule has 50 heavy (non-hydrogen) atoms. The van der Waals surface area contributed by atoms with Crippen molar-refractivity contribution in [2.75, 3.05) is 0 Å². The molecule has 0 atom stereocenters. The molecule has 0 bridgehead atoms. The van der Waals surface area contributed by atoms with Crippen molar-refractivity contribution in [2.24, 2.45) is 0 Å². The van der Waals surface area contributed by atoms with Crippen LogP contribution in [0.2, 0.25) is 0 Å². The summed E-state index contributed by atoms with van der Waals surface area (Å²) in [5.41, 5.74) is 0.947. The van der Waals surface area contributed by atoms with E-state index in [1.54, 1.807) is 12.1 Å². The van der Waals surface area contributed by atoms with Crippen LogP contribution in [0.3, 0.4) is 0 Å². The predicted molar refractivity (Wildman–Crippen MR) is 189 cm³/mol. The monoisotopic (exact) mass is 658 g/mol. The average Bonchev–Trinajstić information content (AvgIpc) is 3.12. The lowest BCUT2D eigenvalue weighted by molar-refractivity contribution is -0.385. The van der Waals surface area contributed by atoms with E-state index < -0.39 is 21.8 Å². The summed E-state index contributed by atoms with van der Waals surface area (Å²) in [6, 6.07) is 31.2. The van der Waals surface area contributed by atoms with Crippen LogP contribution < -0.4 is 0 Å². The molecule has 0 saturated heterocycles. The van der Waals surface area contributed by atoms with Gasteiger partial charge in [-0.1, -0.05) is 48.5 Å². The number of nitro benzene ring substituents is 2. The van der Waals surface area contributed by atoms with Crippen LogP contribution in [0.1, 0.15) is 31.8 Å². The standard InChI is InChI=1S/C40H22N2O8/c43-39(49-19-21-9-13-23(14-10-21)41(45)46)31-17-29-30(18-32(31)40(44)50-20-22-11-15-24(16-12-22)42(47)48)38-36-28-8-4-2-6-26(28)34(36)33-25-5-1-3-7-27(25)35(33)37(29)38/h1-18H,19-20H2. The zero-order valence-electron chi connectivity index (χ0n) is 26.0. The van der Waals surface area contributed by atoms with Gasteiger partial charge in [0.25, 0.3) is 11.4 Å². The lowest BCUT2D eigenvalue weighted by Gasteiger charge is -2.27. The minimum Gasteiger partial charge on any atom is -0.457 e. The Morgan fingerprint density at radius 1 is 0.460 bits per heavy atom. The van der Waals surface area contributed by atoms with E-state index >= 15 is 0 Å². The van der Waals surface area contributed by atoms with E-state index in [4.69, 9.17) is 9.47 Å². The first kappa shape index (κ1) is 29.2. The molecule has 0 amide bonds. The topological polar surface area (TPSA) is 139 Å². The molecule has 0 saturated carbocycles. The number of rotatable bonds is 8. The molecule has 9 aromatic carbocycles. The molecule has 10 nitrogen and oxygen atoms in total. The summed E-state index contributed by atoms with van der Waals surface area (Å²) < 4.78 is 11.3. The summed E-state index contributed by atoms with van der Waals surface area (Å²) in [6.07, 6.45) is 0. The number of nitrogens with zero attached hydrogens (tertiary/aromatic N) is 2. The Bertz CT molecular complexity index is 2650. The third-order valence-electron chi connectivity index (χ3n) is 9.60. The fraction of sp³-hybridized carbons (Fsp3) is 0.0500. The van der Waals surface area contributed by atoms with Crippen LogP contribution >= 0.6 is 0 Å². The molecule has 9 rings (SSSR count). The highest BCUT2D eigenvalue weighted by Crippen LogP contribution is 2.56. The molecular formula is C40H22N2O8. The molecule has 0 unspecified atom stereocenters. The van der Waals surface area contributed by atoms with E-state index in [9.17, 15) is 29.8 Å². The maximum atomic E-state index is 13.8. The fourth-order valence-electron chi connectivity index (χ4n) is 7.25. The number of nitro groups is 2. The first-order chi connectivity index (χ1) is 24.3. The van der Waals surface area contributed by atoms with Crippen LogP contribution in [0, 0.1) is 20.2 Å². The first-order valence-electron chi connectivity index (χ1n) is 15.7. The van der Waals surface area contributed by atoms with E-state index in [-0.39, 0.29) is 35.7 Å². The van der Waals surface area contributed by atoms with Crippen molar-refractivity contribution in [1.29, 1.82) is 0 Å². The van der Waals surface area contributed by atoms with Gasteiger partial charge in [-0.3, -0.25) is 20.2 Å². The zero-order valence-corrected chi connectivity index (χ0v) is 26.0. The van der Waals surface area contributed by atoms with Crippen LogP contribution in [0.5, 0.6) is 0 Å². The number of hydrogen-bond donors (Lipinski definition) is 0. The SMILES string of the molecule is O=C(OCc1ccc([N+](=O)[O-])cc1)c1cc2c(cc1C(=O)OCc1ccc([N+](=O)[O-])cc1)c1c3c4ccccc4c3c3c4ccccc4c3c21. The number of esters is 2. The minimum atomic E-state index is -0.754. The summed E-state index contributed by atoms with van der Waals surface area (Å²) >= 11 is 0. The van der Waals surface area contributed by atoms with Crippen molar-refractivity contribution >= 4 is 87.9 Å². The Kier molecular flexibility index (Phi) is 6.31. The molecule has 0 aliphatic rings. The molecule has 0 N–H and O–H groups in total. The number of carbonyl (C=O) groups excluding carboxylic acids is 2. The van der Waals surface area contributed by atoms with Crippen LogP contribution in [0.25, 0.3) is 64.6 Å². The van der Waals surface area contributed by atoms with E-state index in [2.05, 4.69) is 24.3 Å². The molecule has 10 heteroatoms. The average molecular weight is 659 g/mol. The number of benzene rings is 6. The van der Waals surface area contributed by atoms with Crippen molar-refractivity contribution in [3.63, 3.8) is 0 Å². The van der Waals surface area contributed by atoms with Gasteiger partial charge < -0.3 is 9.47 Å². The number of fused-ring (bicyclic) bond motifs is 15. The van der Waals surface area contributed by atoms with Gasteiger partial charge >= 0.3 is 11.9 Å². The molecule has 9 aromatic rings. The van der Waals surface area contributed by atoms with Gasteiger partial charge in [0.05, 0.1) is 21.0 Å². The minimum absolute atomic E-state index is 0.0226. The van der Waals surface area contributed by atoms with E-state index in [0.717, 1.165) is 43.1 Å². The highest BCUT2D eigenvalue weighted by molar-refractivity contribution is 6.57. The van der Waals surface area contributed by atoms with Gasteiger partial charge in [-0.15, -0.1) is 0 Å². The summed E-state index contributed by atoms with van der Waals surface area (Å²) in [5, 5.41) is 35.1. The van der Waals surface area contributed by atoms with Crippen molar-refractivity contribution in [2.45, 2.75) is 13.2 Å². The van der Waals surface area contributed by atoms with Gasteiger partial charge in [0, 0.05) is 24.3 Å². The quantitative estimate of drug-likeness (QED) is 0.0894. The maximum Gasteiger partial charge on any atom is 0.339 e. The maximum absolute atomic E-state index is 13.8. The van der Waals surface area contributed by atoms with Gasteiger partial charge in [0.1, 0.15) is 13.2 Å². The number of carbonyl (C=O) groups is 2. The molecule has 0 spiro atoms. The summed E-state index contributed by atoms with van der Waals surface area (Å²) in [4.78, 5) is 48.6. The number of hydrogen-bond acceptors (Lipinski definition) is 8. The molecular weight excluding hydrogens is 636 g/mol. The Labute approximate surface area is 281 Å². The lowest BCUT2D eigenvalue weighted by atomic mass is 9.75. The first-order valence-corrected chi connectivity index (χ1v) is 15.7. The second-order valence-corrected chi connectivity index (χ2v) is 12.3. The third kappa shape index (κ3) is 4.21. The van der Waals surface area contributed by atoms with Crippen LogP contribution in [0.15, 0.2) is 109 Å². The molecule has 0 fully saturated rings. The normalized spacial score (nSPS) is 11.8. The number of ether oxygens (including phenoxy) is 2. The summed E-state index contributed by atoms with van der Waals surface area (Å²) in [5.74, 6) is -1.51. The van der Waals surface area contributed by atoms with Crippen molar-refractivity contribution in [3.8, 4) is 0 Å².